The molecule has 0 spiro atoms. The molecule has 0 aliphatic carbocycles. The number of benzene rings is 2. The minimum absolute atomic E-state index is 0.170. The van der Waals surface area contributed by atoms with Crippen molar-refractivity contribution in [2.24, 2.45) is 0 Å². The zero-order chi connectivity index (χ0) is 21.7. The Morgan fingerprint density at radius 1 is 1.00 bits per heavy atom. The number of nitrogens with zero attached hydrogens (tertiary/aromatic N) is 1. The Morgan fingerprint density at radius 2 is 1.73 bits per heavy atom. The Kier molecular flexibility index (Phi) is 7.04. The SMILES string of the molecule is Cc1nc(-c2ccccc2)sc1C(=O)NNC(=O)CNC(=O)c1ccc(Cl)cc1Cl. The van der Waals surface area contributed by atoms with Crippen molar-refractivity contribution in [3.8, 4) is 10.6 Å². The molecular formula is C20H16Cl2N4O3S. The highest BCUT2D eigenvalue weighted by Gasteiger charge is 2.17. The van der Waals surface area contributed by atoms with Crippen LogP contribution in [0.1, 0.15) is 25.7 Å². The minimum atomic E-state index is -0.604. The van der Waals surface area contributed by atoms with Gasteiger partial charge in [0.25, 0.3) is 17.7 Å². The first kappa shape index (κ1) is 21.8. The molecule has 10 heteroatoms. The molecule has 0 saturated heterocycles. The fourth-order valence-corrected chi connectivity index (χ4v) is 3.93. The molecule has 1 aromatic heterocycles. The predicted octanol–water partition coefficient (Wildman–Crippen LogP) is 3.62. The number of hydrogen-bond donors (Lipinski definition) is 3. The number of hydrazine groups is 1. The van der Waals surface area contributed by atoms with Crippen LogP contribution in [-0.2, 0) is 4.79 Å². The number of nitrogens with one attached hydrogen (secondary N) is 3. The van der Waals surface area contributed by atoms with E-state index in [0.29, 0.717) is 20.6 Å². The molecule has 0 unspecified atom stereocenters. The summed E-state index contributed by atoms with van der Waals surface area (Å²) >= 11 is 13.0. The summed E-state index contributed by atoms with van der Waals surface area (Å²) < 4.78 is 0. The largest absolute Gasteiger partial charge is 0.343 e. The summed E-state index contributed by atoms with van der Waals surface area (Å²) in [6.45, 7) is 1.37. The summed E-state index contributed by atoms with van der Waals surface area (Å²) in [6.07, 6.45) is 0. The zero-order valence-corrected chi connectivity index (χ0v) is 18.0. The van der Waals surface area contributed by atoms with Gasteiger partial charge in [-0.2, -0.15) is 0 Å². The van der Waals surface area contributed by atoms with Gasteiger partial charge in [-0.1, -0.05) is 53.5 Å². The number of aromatic nitrogens is 1. The van der Waals surface area contributed by atoms with E-state index in [1.54, 1.807) is 6.92 Å². The van der Waals surface area contributed by atoms with E-state index >= 15 is 0 Å². The Balaban J connectivity index is 1.53. The smallest absolute Gasteiger partial charge is 0.281 e. The van der Waals surface area contributed by atoms with Gasteiger partial charge in [0.05, 0.1) is 22.8 Å². The number of hydrogen-bond acceptors (Lipinski definition) is 5. The Labute approximate surface area is 186 Å². The Morgan fingerprint density at radius 3 is 2.43 bits per heavy atom. The first-order valence-corrected chi connectivity index (χ1v) is 10.3. The van der Waals surface area contributed by atoms with Crippen molar-refractivity contribution < 1.29 is 14.4 Å². The van der Waals surface area contributed by atoms with Crippen LogP contribution in [0, 0.1) is 6.92 Å². The van der Waals surface area contributed by atoms with Crippen LogP contribution < -0.4 is 16.2 Å². The fraction of sp³-hybridized carbons (Fsp3) is 0.100. The molecule has 7 nitrogen and oxygen atoms in total. The molecule has 0 fully saturated rings. The van der Waals surface area contributed by atoms with Crippen molar-refractivity contribution >= 4 is 52.3 Å². The van der Waals surface area contributed by atoms with Crippen LogP contribution in [0.15, 0.2) is 48.5 Å². The topological polar surface area (TPSA) is 100 Å². The average molecular weight is 463 g/mol. The molecule has 3 amide bonds. The third-order valence-electron chi connectivity index (χ3n) is 3.92. The van der Waals surface area contributed by atoms with E-state index in [4.69, 9.17) is 23.2 Å². The van der Waals surface area contributed by atoms with Crippen molar-refractivity contribution in [3.63, 3.8) is 0 Å². The van der Waals surface area contributed by atoms with Gasteiger partial charge in [0.15, 0.2) is 0 Å². The van der Waals surface area contributed by atoms with E-state index in [9.17, 15) is 14.4 Å². The Hall–Kier alpha value is -2.94. The molecule has 0 saturated carbocycles. The van der Waals surface area contributed by atoms with E-state index in [2.05, 4.69) is 21.2 Å². The van der Waals surface area contributed by atoms with Gasteiger partial charge in [-0.05, 0) is 25.1 Å². The molecular weight excluding hydrogens is 447 g/mol. The lowest BCUT2D eigenvalue weighted by molar-refractivity contribution is -0.120. The van der Waals surface area contributed by atoms with Crippen LogP contribution in [0.3, 0.4) is 0 Å². The molecule has 0 atom stereocenters. The van der Waals surface area contributed by atoms with Crippen LogP contribution in [0.2, 0.25) is 10.0 Å². The van der Waals surface area contributed by atoms with Crippen molar-refractivity contribution in [2.75, 3.05) is 6.54 Å². The fourth-order valence-electron chi connectivity index (χ4n) is 2.47. The van der Waals surface area contributed by atoms with Crippen molar-refractivity contribution in [2.45, 2.75) is 6.92 Å². The van der Waals surface area contributed by atoms with Crippen molar-refractivity contribution in [3.05, 3.63) is 74.7 Å². The highest BCUT2D eigenvalue weighted by Crippen LogP contribution is 2.27. The lowest BCUT2D eigenvalue weighted by Gasteiger charge is -2.09. The lowest BCUT2D eigenvalue weighted by Crippen LogP contribution is -2.46. The van der Waals surface area contributed by atoms with Crippen LogP contribution >= 0.6 is 34.5 Å². The molecule has 0 aliphatic rings. The second-order valence-corrected chi connectivity index (χ2v) is 7.95. The molecule has 154 valence electrons. The number of carbonyl (C=O) groups is 3. The van der Waals surface area contributed by atoms with Crippen molar-refractivity contribution in [1.82, 2.24) is 21.2 Å². The number of halogens is 2. The van der Waals surface area contributed by atoms with Gasteiger partial charge in [0.1, 0.15) is 9.88 Å². The lowest BCUT2D eigenvalue weighted by atomic mass is 10.2. The third-order valence-corrected chi connectivity index (χ3v) is 5.68. The summed E-state index contributed by atoms with van der Waals surface area (Å²) in [7, 11) is 0. The zero-order valence-electron chi connectivity index (χ0n) is 15.7. The first-order valence-electron chi connectivity index (χ1n) is 8.70. The monoisotopic (exact) mass is 462 g/mol. The number of carbonyl (C=O) groups excluding carboxylic acids is 3. The summed E-state index contributed by atoms with van der Waals surface area (Å²) in [5.74, 6) is -1.64. The highest BCUT2D eigenvalue weighted by molar-refractivity contribution is 7.17. The van der Waals surface area contributed by atoms with Crippen molar-refractivity contribution in [1.29, 1.82) is 0 Å². The van der Waals surface area contributed by atoms with E-state index in [-0.39, 0.29) is 17.1 Å². The van der Waals surface area contributed by atoms with Gasteiger partial charge >= 0.3 is 0 Å². The Bertz CT molecular complexity index is 1100. The summed E-state index contributed by atoms with van der Waals surface area (Å²) in [6, 6.07) is 13.9. The molecule has 0 bridgehead atoms. The first-order chi connectivity index (χ1) is 14.3. The van der Waals surface area contributed by atoms with Crippen LogP contribution in [-0.4, -0.2) is 29.3 Å². The molecule has 30 heavy (non-hydrogen) atoms. The number of amides is 3. The molecule has 1 heterocycles. The van der Waals surface area contributed by atoms with Gasteiger partial charge in [0, 0.05) is 10.6 Å². The quantitative estimate of drug-likeness (QED) is 0.504. The van der Waals surface area contributed by atoms with E-state index in [0.717, 1.165) is 5.56 Å². The summed E-state index contributed by atoms with van der Waals surface area (Å²) in [5, 5.41) is 3.69. The standard InChI is InChI=1S/C20H16Cl2N4O3S/c1-11-17(30-20(24-11)12-5-3-2-4-6-12)19(29)26-25-16(27)10-23-18(28)14-8-7-13(21)9-15(14)22/h2-9H,10H2,1H3,(H,23,28)(H,25,27)(H,26,29). The van der Waals surface area contributed by atoms with Gasteiger partial charge in [-0.25, -0.2) is 4.98 Å². The van der Waals surface area contributed by atoms with Crippen LogP contribution in [0.4, 0.5) is 0 Å². The van der Waals surface area contributed by atoms with Crippen LogP contribution in [0.5, 0.6) is 0 Å². The summed E-state index contributed by atoms with van der Waals surface area (Å²) in [4.78, 5) is 41.2. The van der Waals surface area contributed by atoms with Gasteiger partial charge in [-0.15, -0.1) is 11.3 Å². The van der Waals surface area contributed by atoms with Gasteiger partial charge in [0.2, 0.25) is 0 Å². The maximum Gasteiger partial charge on any atom is 0.281 e. The summed E-state index contributed by atoms with van der Waals surface area (Å²) in [5.41, 5.74) is 6.22. The van der Waals surface area contributed by atoms with Crippen LogP contribution in [0.25, 0.3) is 10.6 Å². The predicted molar refractivity (Wildman–Crippen MR) is 117 cm³/mol. The molecule has 3 rings (SSSR count). The number of rotatable bonds is 5. The van der Waals surface area contributed by atoms with E-state index < -0.39 is 17.7 Å². The average Bonchev–Trinajstić information content (AvgIpc) is 3.12. The van der Waals surface area contributed by atoms with E-state index in [1.165, 1.54) is 29.5 Å². The second kappa shape index (κ2) is 9.71. The third kappa shape index (κ3) is 5.35. The normalized spacial score (nSPS) is 10.4. The maximum atomic E-state index is 12.4. The molecule has 3 N–H and O–H groups in total. The number of aryl methyl sites for hydroxylation is 1. The van der Waals surface area contributed by atoms with Gasteiger partial charge < -0.3 is 5.32 Å². The molecule has 0 radical (unpaired) electrons. The molecule has 2 aromatic carbocycles. The number of thiazole rings is 1. The highest BCUT2D eigenvalue weighted by atomic mass is 35.5. The molecule has 3 aromatic rings. The maximum absolute atomic E-state index is 12.4. The second-order valence-electron chi connectivity index (χ2n) is 6.11. The molecule has 0 aliphatic heterocycles. The van der Waals surface area contributed by atoms with Gasteiger partial charge in [-0.3, -0.25) is 25.2 Å². The van der Waals surface area contributed by atoms with E-state index in [1.807, 2.05) is 30.3 Å². The minimum Gasteiger partial charge on any atom is -0.343 e.